The Morgan fingerprint density at radius 2 is 1.95 bits per heavy atom. The molecule has 0 bridgehead atoms. The number of hydrogen-bond donors (Lipinski definition) is 3. The van der Waals surface area contributed by atoms with Crippen LogP contribution in [-0.4, -0.2) is 36.5 Å². The summed E-state index contributed by atoms with van der Waals surface area (Å²) < 4.78 is 4.81. The van der Waals surface area contributed by atoms with Gasteiger partial charge in [0.15, 0.2) is 6.61 Å². The number of esters is 1. The molecule has 0 fully saturated rings. The van der Waals surface area contributed by atoms with Gasteiger partial charge in [-0.25, -0.2) is 9.59 Å². The van der Waals surface area contributed by atoms with Crippen LogP contribution in [0.15, 0.2) is 35.1 Å². The lowest BCUT2D eigenvalue weighted by Crippen LogP contribution is -2.39. The fraction of sp³-hybridized carbons (Fsp3) is 0.143. The summed E-state index contributed by atoms with van der Waals surface area (Å²) in [5, 5.41) is 4.64. The highest BCUT2D eigenvalue weighted by Gasteiger charge is 2.15. The quantitative estimate of drug-likeness (QED) is 0.697. The molecule has 0 aliphatic rings. The lowest BCUT2D eigenvalue weighted by Gasteiger charge is -2.07. The van der Waals surface area contributed by atoms with Crippen LogP contribution >= 0.6 is 0 Å². The number of imide groups is 1. The smallest absolute Gasteiger partial charge is 0.339 e. The number of hydrogen-bond acceptors (Lipinski definition) is 5. The van der Waals surface area contributed by atoms with Crippen molar-refractivity contribution >= 4 is 28.8 Å². The molecule has 0 unspecified atom stereocenters. The number of carbonyl (C=O) groups is 3. The number of rotatable bonds is 3. The molecule has 114 valence electrons. The SMILES string of the molecule is CNC(=O)NC(=O)COC(=O)c1cc(=O)[nH]c2ccccc12. The molecule has 1 aromatic carbocycles. The highest BCUT2D eigenvalue weighted by molar-refractivity contribution is 6.04. The van der Waals surface area contributed by atoms with E-state index in [1.54, 1.807) is 24.3 Å². The van der Waals surface area contributed by atoms with Crippen LogP contribution in [0.2, 0.25) is 0 Å². The molecule has 0 atom stereocenters. The maximum absolute atomic E-state index is 12.0. The van der Waals surface area contributed by atoms with Crippen LogP contribution in [0.4, 0.5) is 4.79 Å². The van der Waals surface area contributed by atoms with E-state index in [2.05, 4.69) is 10.3 Å². The van der Waals surface area contributed by atoms with Gasteiger partial charge in [-0.1, -0.05) is 18.2 Å². The second kappa shape index (κ2) is 6.53. The topological polar surface area (TPSA) is 117 Å². The molecule has 22 heavy (non-hydrogen) atoms. The Kier molecular flexibility index (Phi) is 4.52. The fourth-order valence-corrected chi connectivity index (χ4v) is 1.81. The molecule has 2 aromatic rings. The molecule has 2 rings (SSSR count). The molecular formula is C14H13N3O5. The first kappa shape index (κ1) is 15.2. The molecule has 3 N–H and O–H groups in total. The van der Waals surface area contributed by atoms with E-state index >= 15 is 0 Å². The van der Waals surface area contributed by atoms with Crippen LogP contribution in [0.3, 0.4) is 0 Å². The molecule has 0 saturated heterocycles. The first-order valence-corrected chi connectivity index (χ1v) is 6.32. The van der Waals surface area contributed by atoms with Crippen LogP contribution in [0.5, 0.6) is 0 Å². The van der Waals surface area contributed by atoms with Gasteiger partial charge in [0.1, 0.15) is 0 Å². The first-order valence-electron chi connectivity index (χ1n) is 6.32. The van der Waals surface area contributed by atoms with Gasteiger partial charge in [-0.05, 0) is 6.07 Å². The Bertz CT molecular complexity index is 796. The highest BCUT2D eigenvalue weighted by Crippen LogP contribution is 2.15. The van der Waals surface area contributed by atoms with Crippen molar-refractivity contribution in [2.45, 2.75) is 0 Å². The first-order chi connectivity index (χ1) is 10.5. The van der Waals surface area contributed by atoms with Crippen LogP contribution < -0.4 is 16.2 Å². The predicted octanol–water partition coefficient (Wildman–Crippen LogP) is 0.141. The highest BCUT2D eigenvalue weighted by atomic mass is 16.5. The molecule has 0 saturated carbocycles. The number of nitrogens with one attached hydrogen (secondary N) is 3. The van der Waals surface area contributed by atoms with Crippen molar-refractivity contribution < 1.29 is 19.1 Å². The summed E-state index contributed by atoms with van der Waals surface area (Å²) in [4.78, 5) is 48.4. The zero-order chi connectivity index (χ0) is 16.1. The summed E-state index contributed by atoms with van der Waals surface area (Å²) >= 11 is 0. The van der Waals surface area contributed by atoms with E-state index in [0.29, 0.717) is 10.9 Å². The Labute approximate surface area is 124 Å². The van der Waals surface area contributed by atoms with Gasteiger partial charge in [0.05, 0.1) is 5.56 Å². The number of aromatic amines is 1. The van der Waals surface area contributed by atoms with Crippen LogP contribution in [0.1, 0.15) is 10.4 Å². The normalized spacial score (nSPS) is 10.0. The molecule has 1 heterocycles. The number of pyridine rings is 1. The molecule has 0 spiro atoms. The average molecular weight is 303 g/mol. The van der Waals surface area contributed by atoms with E-state index in [0.717, 1.165) is 6.07 Å². The number of carbonyl (C=O) groups excluding carboxylic acids is 3. The average Bonchev–Trinajstić information content (AvgIpc) is 2.51. The van der Waals surface area contributed by atoms with E-state index in [1.165, 1.54) is 7.05 Å². The zero-order valence-corrected chi connectivity index (χ0v) is 11.6. The van der Waals surface area contributed by atoms with Crippen molar-refractivity contribution in [1.82, 2.24) is 15.6 Å². The molecule has 8 heteroatoms. The standard InChI is InChI=1S/C14H13N3O5/c1-15-14(21)17-12(19)7-22-13(20)9-6-11(18)16-10-5-3-2-4-8(9)10/h2-6H,7H2,1H3,(H,16,18)(H2,15,17,19,21). The third kappa shape index (κ3) is 3.48. The van der Waals surface area contributed by atoms with Gasteiger partial charge in [0, 0.05) is 24.0 Å². The Morgan fingerprint density at radius 3 is 2.68 bits per heavy atom. The Balaban J connectivity index is 2.15. The molecule has 8 nitrogen and oxygen atoms in total. The second-order valence-electron chi connectivity index (χ2n) is 4.30. The van der Waals surface area contributed by atoms with Gasteiger partial charge in [-0.3, -0.25) is 14.9 Å². The van der Waals surface area contributed by atoms with E-state index in [1.807, 2.05) is 5.32 Å². The summed E-state index contributed by atoms with van der Waals surface area (Å²) in [6.45, 7) is -0.632. The van der Waals surface area contributed by atoms with Crippen molar-refractivity contribution in [1.29, 1.82) is 0 Å². The van der Waals surface area contributed by atoms with Crippen molar-refractivity contribution in [2.75, 3.05) is 13.7 Å². The monoisotopic (exact) mass is 303 g/mol. The summed E-state index contributed by atoms with van der Waals surface area (Å²) in [5.41, 5.74) is 0.0734. The van der Waals surface area contributed by atoms with E-state index in [9.17, 15) is 19.2 Å². The number of benzene rings is 1. The summed E-state index contributed by atoms with van der Waals surface area (Å²) in [6.07, 6.45) is 0. The number of aromatic nitrogens is 1. The van der Waals surface area contributed by atoms with Crippen LogP contribution in [0, 0.1) is 0 Å². The van der Waals surface area contributed by atoms with E-state index < -0.39 is 30.1 Å². The zero-order valence-electron chi connectivity index (χ0n) is 11.6. The minimum Gasteiger partial charge on any atom is -0.452 e. The maximum Gasteiger partial charge on any atom is 0.339 e. The number of H-pyrrole nitrogens is 1. The van der Waals surface area contributed by atoms with Crippen LogP contribution in [-0.2, 0) is 9.53 Å². The summed E-state index contributed by atoms with van der Waals surface area (Å²) in [6, 6.07) is 7.10. The van der Waals surface area contributed by atoms with Crippen molar-refractivity contribution in [3.8, 4) is 0 Å². The van der Waals surface area contributed by atoms with E-state index in [-0.39, 0.29) is 5.56 Å². The Hall–Kier alpha value is -3.16. The Morgan fingerprint density at radius 1 is 1.23 bits per heavy atom. The van der Waals surface area contributed by atoms with Crippen molar-refractivity contribution in [3.63, 3.8) is 0 Å². The number of ether oxygens (including phenoxy) is 1. The van der Waals surface area contributed by atoms with E-state index in [4.69, 9.17) is 4.74 Å². The summed E-state index contributed by atoms with van der Waals surface area (Å²) in [5.74, 6) is -1.60. The molecule has 1 aromatic heterocycles. The van der Waals surface area contributed by atoms with Crippen LogP contribution in [0.25, 0.3) is 10.9 Å². The van der Waals surface area contributed by atoms with Gasteiger partial charge < -0.3 is 15.0 Å². The minimum absolute atomic E-state index is 0.0482. The third-order valence-corrected chi connectivity index (χ3v) is 2.78. The van der Waals surface area contributed by atoms with Crippen molar-refractivity contribution in [3.05, 3.63) is 46.2 Å². The van der Waals surface area contributed by atoms with Gasteiger partial charge in [-0.2, -0.15) is 0 Å². The van der Waals surface area contributed by atoms with Crippen molar-refractivity contribution in [2.24, 2.45) is 0 Å². The van der Waals surface area contributed by atoms with Gasteiger partial charge >= 0.3 is 12.0 Å². The number of para-hydroxylation sites is 1. The number of urea groups is 1. The molecule has 3 amide bonds. The largest absolute Gasteiger partial charge is 0.452 e. The lowest BCUT2D eigenvalue weighted by molar-refractivity contribution is -0.123. The predicted molar refractivity (Wildman–Crippen MR) is 77.4 cm³/mol. The fourth-order valence-electron chi connectivity index (χ4n) is 1.81. The van der Waals surface area contributed by atoms with Gasteiger partial charge in [-0.15, -0.1) is 0 Å². The van der Waals surface area contributed by atoms with Gasteiger partial charge in [0.2, 0.25) is 5.56 Å². The summed E-state index contributed by atoms with van der Waals surface area (Å²) in [7, 11) is 1.34. The number of amides is 3. The lowest BCUT2D eigenvalue weighted by atomic mass is 10.1. The van der Waals surface area contributed by atoms with Gasteiger partial charge in [0.25, 0.3) is 5.91 Å². The molecular weight excluding hydrogens is 290 g/mol. The molecule has 0 radical (unpaired) electrons. The number of fused-ring (bicyclic) bond motifs is 1. The molecule has 0 aliphatic heterocycles. The molecule has 0 aliphatic carbocycles. The maximum atomic E-state index is 12.0. The third-order valence-electron chi connectivity index (χ3n) is 2.78. The minimum atomic E-state index is -0.825. The second-order valence-corrected chi connectivity index (χ2v) is 4.30.